The SMILES string of the molecule is CCNCc1cc(S(=O)(=O)NC2CCOC2C)ccc1F. The molecule has 1 saturated heterocycles. The predicted octanol–water partition coefficient (Wildman–Crippen LogP) is 1.39. The predicted molar refractivity (Wildman–Crippen MR) is 77.9 cm³/mol. The molecule has 0 radical (unpaired) electrons. The number of sulfonamides is 1. The van der Waals surface area contributed by atoms with Crippen molar-refractivity contribution in [2.75, 3.05) is 13.2 Å². The van der Waals surface area contributed by atoms with Gasteiger partial charge in [-0.25, -0.2) is 17.5 Å². The third kappa shape index (κ3) is 4.00. The van der Waals surface area contributed by atoms with Crippen molar-refractivity contribution in [3.63, 3.8) is 0 Å². The zero-order valence-corrected chi connectivity index (χ0v) is 13.0. The Morgan fingerprint density at radius 1 is 1.43 bits per heavy atom. The van der Waals surface area contributed by atoms with Gasteiger partial charge in [0.05, 0.1) is 17.0 Å². The normalized spacial score (nSPS) is 22.6. The molecule has 0 amide bonds. The van der Waals surface area contributed by atoms with E-state index in [0.29, 0.717) is 31.7 Å². The van der Waals surface area contributed by atoms with E-state index in [4.69, 9.17) is 4.74 Å². The van der Waals surface area contributed by atoms with Gasteiger partial charge >= 0.3 is 0 Å². The lowest BCUT2D eigenvalue weighted by Crippen LogP contribution is -2.39. The Morgan fingerprint density at radius 2 is 2.19 bits per heavy atom. The van der Waals surface area contributed by atoms with Gasteiger partial charge in [0.25, 0.3) is 0 Å². The quantitative estimate of drug-likeness (QED) is 0.832. The van der Waals surface area contributed by atoms with Gasteiger partial charge in [-0.05, 0) is 38.1 Å². The smallest absolute Gasteiger partial charge is 0.240 e. The number of ether oxygens (including phenoxy) is 1. The molecule has 2 N–H and O–H groups in total. The molecule has 2 unspecified atom stereocenters. The van der Waals surface area contributed by atoms with Crippen LogP contribution < -0.4 is 10.0 Å². The summed E-state index contributed by atoms with van der Waals surface area (Å²) in [6.07, 6.45) is 0.493. The molecule has 0 spiro atoms. The summed E-state index contributed by atoms with van der Waals surface area (Å²) in [7, 11) is -3.67. The molecule has 0 bridgehead atoms. The second-order valence-electron chi connectivity index (χ2n) is 5.13. The molecule has 0 saturated carbocycles. The summed E-state index contributed by atoms with van der Waals surface area (Å²) < 4.78 is 46.4. The maximum atomic E-state index is 13.7. The van der Waals surface area contributed by atoms with Crippen LogP contribution in [0.15, 0.2) is 23.1 Å². The Labute approximate surface area is 124 Å². The van der Waals surface area contributed by atoms with Crippen molar-refractivity contribution in [1.29, 1.82) is 0 Å². The summed E-state index contributed by atoms with van der Waals surface area (Å²) in [6, 6.07) is 3.61. The fraction of sp³-hybridized carbons (Fsp3) is 0.571. The molecule has 1 heterocycles. The number of halogens is 1. The van der Waals surface area contributed by atoms with Gasteiger partial charge < -0.3 is 10.1 Å². The van der Waals surface area contributed by atoms with E-state index in [1.807, 2.05) is 13.8 Å². The molecule has 1 aromatic carbocycles. The second-order valence-corrected chi connectivity index (χ2v) is 6.84. The lowest BCUT2D eigenvalue weighted by Gasteiger charge is -2.16. The number of rotatable bonds is 6. The summed E-state index contributed by atoms with van der Waals surface area (Å²) in [5, 5.41) is 2.99. The van der Waals surface area contributed by atoms with E-state index >= 15 is 0 Å². The van der Waals surface area contributed by atoms with E-state index < -0.39 is 15.8 Å². The van der Waals surface area contributed by atoms with Crippen molar-refractivity contribution in [3.05, 3.63) is 29.6 Å². The van der Waals surface area contributed by atoms with Gasteiger partial charge in [-0.3, -0.25) is 0 Å². The molecular formula is C14H21FN2O3S. The molecule has 2 atom stereocenters. The van der Waals surface area contributed by atoms with Crippen LogP contribution >= 0.6 is 0 Å². The Kier molecular flexibility index (Phi) is 5.32. The molecule has 118 valence electrons. The molecule has 7 heteroatoms. The van der Waals surface area contributed by atoms with Gasteiger partial charge in [-0.15, -0.1) is 0 Å². The van der Waals surface area contributed by atoms with E-state index in [0.717, 1.165) is 0 Å². The minimum absolute atomic E-state index is 0.0795. The van der Waals surface area contributed by atoms with Crippen LogP contribution in [-0.2, 0) is 21.3 Å². The van der Waals surface area contributed by atoms with Crippen molar-refractivity contribution in [2.24, 2.45) is 0 Å². The van der Waals surface area contributed by atoms with Gasteiger partial charge in [0.1, 0.15) is 5.82 Å². The van der Waals surface area contributed by atoms with Crippen molar-refractivity contribution < 1.29 is 17.5 Å². The molecule has 1 fully saturated rings. The van der Waals surface area contributed by atoms with Crippen LogP contribution in [0.3, 0.4) is 0 Å². The Hall–Kier alpha value is -1.02. The zero-order valence-electron chi connectivity index (χ0n) is 12.2. The largest absolute Gasteiger partial charge is 0.377 e. The lowest BCUT2D eigenvalue weighted by molar-refractivity contribution is 0.117. The minimum atomic E-state index is -3.67. The first-order valence-electron chi connectivity index (χ1n) is 7.07. The van der Waals surface area contributed by atoms with Gasteiger partial charge in [0, 0.05) is 18.7 Å². The topological polar surface area (TPSA) is 67.4 Å². The van der Waals surface area contributed by atoms with Crippen molar-refractivity contribution >= 4 is 10.0 Å². The highest BCUT2D eigenvalue weighted by atomic mass is 32.2. The van der Waals surface area contributed by atoms with E-state index in [9.17, 15) is 12.8 Å². The fourth-order valence-corrected chi connectivity index (χ4v) is 3.66. The van der Waals surface area contributed by atoms with Crippen LogP contribution in [0.2, 0.25) is 0 Å². The van der Waals surface area contributed by atoms with Crippen molar-refractivity contribution in [2.45, 2.75) is 43.9 Å². The zero-order chi connectivity index (χ0) is 15.5. The highest BCUT2D eigenvalue weighted by molar-refractivity contribution is 7.89. The molecule has 1 aliphatic heterocycles. The third-order valence-corrected chi connectivity index (χ3v) is 5.06. The molecule has 2 rings (SSSR count). The average Bonchev–Trinajstić information content (AvgIpc) is 2.82. The number of hydrogen-bond donors (Lipinski definition) is 2. The van der Waals surface area contributed by atoms with Gasteiger partial charge in [0.15, 0.2) is 0 Å². The fourth-order valence-electron chi connectivity index (χ4n) is 2.27. The van der Waals surface area contributed by atoms with E-state index in [1.54, 1.807) is 0 Å². The van der Waals surface area contributed by atoms with E-state index in [1.165, 1.54) is 18.2 Å². The monoisotopic (exact) mass is 316 g/mol. The molecule has 1 aromatic rings. The van der Waals surface area contributed by atoms with E-state index in [-0.39, 0.29) is 17.0 Å². The van der Waals surface area contributed by atoms with Crippen molar-refractivity contribution in [1.82, 2.24) is 10.0 Å². The van der Waals surface area contributed by atoms with Crippen LogP contribution in [-0.4, -0.2) is 33.7 Å². The molecule has 1 aliphatic rings. The van der Waals surface area contributed by atoms with Crippen LogP contribution in [0.5, 0.6) is 0 Å². The molecular weight excluding hydrogens is 295 g/mol. The third-order valence-electron chi connectivity index (χ3n) is 3.58. The first-order chi connectivity index (χ1) is 9.94. The van der Waals surface area contributed by atoms with Crippen LogP contribution in [0.25, 0.3) is 0 Å². The Bertz CT molecular complexity index is 592. The highest BCUT2D eigenvalue weighted by Gasteiger charge is 2.29. The summed E-state index contributed by atoms with van der Waals surface area (Å²) in [5.41, 5.74) is 0.343. The summed E-state index contributed by atoms with van der Waals surface area (Å²) in [6.45, 7) is 5.27. The number of benzene rings is 1. The number of nitrogens with one attached hydrogen (secondary N) is 2. The van der Waals surface area contributed by atoms with Crippen LogP contribution in [0.1, 0.15) is 25.8 Å². The molecule has 21 heavy (non-hydrogen) atoms. The minimum Gasteiger partial charge on any atom is -0.377 e. The number of hydrogen-bond acceptors (Lipinski definition) is 4. The lowest BCUT2D eigenvalue weighted by atomic mass is 10.2. The maximum absolute atomic E-state index is 13.7. The molecule has 0 aliphatic carbocycles. The standard InChI is InChI=1S/C14H21FN2O3S/c1-3-16-9-11-8-12(4-5-13(11)15)21(18,19)17-14-6-7-20-10(14)2/h4-5,8,10,14,16-17H,3,6-7,9H2,1-2H3. The molecule has 5 nitrogen and oxygen atoms in total. The van der Waals surface area contributed by atoms with Crippen LogP contribution in [0, 0.1) is 5.82 Å². The Balaban J connectivity index is 2.19. The highest BCUT2D eigenvalue weighted by Crippen LogP contribution is 2.19. The van der Waals surface area contributed by atoms with E-state index in [2.05, 4.69) is 10.0 Å². The Morgan fingerprint density at radius 3 is 2.81 bits per heavy atom. The van der Waals surface area contributed by atoms with Gasteiger partial charge in [-0.2, -0.15) is 0 Å². The first kappa shape index (κ1) is 16.4. The second kappa shape index (κ2) is 6.83. The van der Waals surface area contributed by atoms with Gasteiger partial charge in [-0.1, -0.05) is 6.92 Å². The van der Waals surface area contributed by atoms with Crippen molar-refractivity contribution in [3.8, 4) is 0 Å². The first-order valence-corrected chi connectivity index (χ1v) is 8.55. The van der Waals surface area contributed by atoms with Crippen LogP contribution in [0.4, 0.5) is 4.39 Å². The summed E-state index contributed by atoms with van der Waals surface area (Å²) in [4.78, 5) is 0.0795. The summed E-state index contributed by atoms with van der Waals surface area (Å²) in [5.74, 6) is -0.410. The average molecular weight is 316 g/mol. The maximum Gasteiger partial charge on any atom is 0.240 e. The summed E-state index contributed by atoms with van der Waals surface area (Å²) >= 11 is 0. The molecule has 0 aromatic heterocycles. The van der Waals surface area contributed by atoms with Gasteiger partial charge in [0.2, 0.25) is 10.0 Å².